The number of hydrogen-bond acceptors (Lipinski definition) is 4. The summed E-state index contributed by atoms with van der Waals surface area (Å²) in [5.74, 6) is 1.15. The van der Waals surface area contributed by atoms with Crippen LogP contribution in [0.4, 0.5) is 0 Å². The fourth-order valence-electron chi connectivity index (χ4n) is 3.79. The molecule has 1 N–H and O–H groups in total. The van der Waals surface area contributed by atoms with Gasteiger partial charge >= 0.3 is 0 Å². The second-order valence-corrected chi connectivity index (χ2v) is 8.46. The number of hydrogen-bond donors (Lipinski definition) is 1. The molecule has 2 unspecified atom stereocenters. The van der Waals surface area contributed by atoms with Crippen LogP contribution in [0.25, 0.3) is 0 Å². The van der Waals surface area contributed by atoms with Gasteiger partial charge in [-0.1, -0.05) is 0 Å². The lowest BCUT2D eigenvalue weighted by Crippen LogP contribution is -2.44. The van der Waals surface area contributed by atoms with E-state index in [0.29, 0.717) is 31.7 Å². The maximum Gasteiger partial charge on any atom is 0.214 e. The molecular formula is C14H26N2O3S. The molecule has 3 rings (SSSR count). The van der Waals surface area contributed by atoms with Crippen molar-refractivity contribution in [3.8, 4) is 0 Å². The summed E-state index contributed by atoms with van der Waals surface area (Å²) in [5.41, 5.74) is 0. The molecule has 0 saturated carbocycles. The molecule has 0 spiro atoms. The second kappa shape index (κ2) is 6.30. The van der Waals surface area contributed by atoms with E-state index in [1.807, 2.05) is 0 Å². The van der Waals surface area contributed by atoms with Crippen LogP contribution in [0, 0.1) is 11.8 Å². The van der Waals surface area contributed by atoms with Crippen LogP contribution >= 0.6 is 0 Å². The first-order valence-electron chi connectivity index (χ1n) is 7.94. The molecule has 0 bridgehead atoms. The predicted molar refractivity (Wildman–Crippen MR) is 78.0 cm³/mol. The van der Waals surface area contributed by atoms with E-state index in [2.05, 4.69) is 5.32 Å². The van der Waals surface area contributed by atoms with E-state index < -0.39 is 10.0 Å². The van der Waals surface area contributed by atoms with Crippen molar-refractivity contribution in [3.63, 3.8) is 0 Å². The second-order valence-electron chi connectivity index (χ2n) is 6.45. The zero-order chi connectivity index (χ0) is 14.0. The van der Waals surface area contributed by atoms with Crippen LogP contribution in [0.5, 0.6) is 0 Å². The standard InChI is InChI=1S/C14H26N2O3S/c17-20(18,11-12-5-9-19-10-12)16-7-3-13(4-8-16)14-2-1-6-15-14/h12-15H,1-11H2. The minimum Gasteiger partial charge on any atom is -0.381 e. The molecule has 5 nitrogen and oxygen atoms in total. The highest BCUT2D eigenvalue weighted by Gasteiger charge is 2.34. The quantitative estimate of drug-likeness (QED) is 0.835. The van der Waals surface area contributed by atoms with Crippen molar-refractivity contribution in [2.45, 2.75) is 38.1 Å². The summed E-state index contributed by atoms with van der Waals surface area (Å²) in [6.07, 6.45) is 5.44. The van der Waals surface area contributed by atoms with Crippen LogP contribution in [0.1, 0.15) is 32.1 Å². The summed E-state index contributed by atoms with van der Waals surface area (Å²) in [6, 6.07) is 0.628. The summed E-state index contributed by atoms with van der Waals surface area (Å²) in [5, 5.41) is 3.55. The molecule has 3 heterocycles. The van der Waals surface area contributed by atoms with Crippen LogP contribution in [0.3, 0.4) is 0 Å². The lowest BCUT2D eigenvalue weighted by molar-refractivity contribution is 0.188. The molecule has 116 valence electrons. The molecule has 0 aromatic rings. The van der Waals surface area contributed by atoms with E-state index in [-0.39, 0.29) is 11.7 Å². The molecule has 3 fully saturated rings. The third-order valence-electron chi connectivity index (χ3n) is 5.03. The highest BCUT2D eigenvalue weighted by Crippen LogP contribution is 2.27. The number of piperidine rings is 1. The molecule has 0 radical (unpaired) electrons. The SMILES string of the molecule is O=S(=O)(CC1CCOC1)N1CCC(C2CCCN2)CC1. The first kappa shape index (κ1) is 14.8. The Balaban J connectivity index is 1.51. The molecule has 3 aliphatic rings. The summed E-state index contributed by atoms with van der Waals surface area (Å²) >= 11 is 0. The fourth-order valence-corrected chi connectivity index (χ4v) is 5.62. The van der Waals surface area contributed by atoms with Gasteiger partial charge in [-0.3, -0.25) is 0 Å². The van der Waals surface area contributed by atoms with Gasteiger partial charge in [0.25, 0.3) is 0 Å². The van der Waals surface area contributed by atoms with E-state index in [1.54, 1.807) is 4.31 Å². The Labute approximate surface area is 122 Å². The number of ether oxygens (including phenoxy) is 1. The van der Waals surface area contributed by atoms with Gasteiger partial charge in [0.15, 0.2) is 0 Å². The molecule has 0 amide bonds. The normalized spacial score (nSPS) is 33.8. The van der Waals surface area contributed by atoms with Gasteiger partial charge < -0.3 is 10.1 Å². The number of rotatable bonds is 4. The van der Waals surface area contributed by atoms with Gasteiger partial charge in [0.05, 0.1) is 12.4 Å². The topological polar surface area (TPSA) is 58.6 Å². The van der Waals surface area contributed by atoms with Gasteiger partial charge in [-0.05, 0) is 50.5 Å². The Morgan fingerprint density at radius 1 is 1.15 bits per heavy atom. The van der Waals surface area contributed by atoms with Crippen LogP contribution in [-0.2, 0) is 14.8 Å². The molecule has 2 atom stereocenters. The van der Waals surface area contributed by atoms with Crippen molar-refractivity contribution < 1.29 is 13.2 Å². The Kier molecular flexibility index (Phi) is 4.65. The van der Waals surface area contributed by atoms with E-state index in [4.69, 9.17) is 4.74 Å². The molecule has 0 aliphatic carbocycles. The molecule has 3 aliphatic heterocycles. The first-order chi connectivity index (χ1) is 9.65. The number of sulfonamides is 1. The van der Waals surface area contributed by atoms with Crippen molar-refractivity contribution in [2.75, 3.05) is 38.6 Å². The van der Waals surface area contributed by atoms with Crippen molar-refractivity contribution in [3.05, 3.63) is 0 Å². The lowest BCUT2D eigenvalue weighted by Gasteiger charge is -2.34. The van der Waals surface area contributed by atoms with Gasteiger partial charge in [-0.2, -0.15) is 0 Å². The van der Waals surface area contributed by atoms with Gasteiger partial charge in [0.2, 0.25) is 10.0 Å². The third kappa shape index (κ3) is 3.35. The van der Waals surface area contributed by atoms with E-state index in [9.17, 15) is 8.42 Å². The van der Waals surface area contributed by atoms with Crippen molar-refractivity contribution in [2.24, 2.45) is 11.8 Å². The smallest absolute Gasteiger partial charge is 0.214 e. The first-order valence-corrected chi connectivity index (χ1v) is 9.55. The predicted octanol–water partition coefficient (Wildman–Crippen LogP) is 0.817. The Morgan fingerprint density at radius 3 is 2.55 bits per heavy atom. The van der Waals surface area contributed by atoms with Crippen molar-refractivity contribution >= 4 is 10.0 Å². The minimum atomic E-state index is -3.08. The lowest BCUT2D eigenvalue weighted by atomic mass is 9.89. The maximum absolute atomic E-state index is 12.4. The van der Waals surface area contributed by atoms with Gasteiger partial charge in [0, 0.05) is 25.7 Å². The maximum atomic E-state index is 12.4. The number of nitrogens with zero attached hydrogens (tertiary/aromatic N) is 1. The van der Waals surface area contributed by atoms with Crippen molar-refractivity contribution in [1.82, 2.24) is 9.62 Å². The Hall–Kier alpha value is -0.170. The largest absolute Gasteiger partial charge is 0.381 e. The van der Waals surface area contributed by atoms with Gasteiger partial charge in [0.1, 0.15) is 0 Å². The van der Waals surface area contributed by atoms with E-state index in [1.165, 1.54) is 12.8 Å². The molecule has 3 saturated heterocycles. The van der Waals surface area contributed by atoms with Crippen LogP contribution < -0.4 is 5.32 Å². The summed E-state index contributed by atoms with van der Waals surface area (Å²) < 4.78 is 31.9. The number of nitrogens with one attached hydrogen (secondary N) is 1. The molecule has 0 aromatic carbocycles. The zero-order valence-electron chi connectivity index (χ0n) is 12.1. The molecular weight excluding hydrogens is 276 g/mol. The summed E-state index contributed by atoms with van der Waals surface area (Å²) in [7, 11) is -3.08. The third-order valence-corrected chi connectivity index (χ3v) is 7.07. The van der Waals surface area contributed by atoms with Gasteiger partial charge in [-0.15, -0.1) is 0 Å². The van der Waals surface area contributed by atoms with Gasteiger partial charge in [-0.25, -0.2) is 12.7 Å². The molecule has 0 aromatic heterocycles. The Morgan fingerprint density at radius 2 is 1.95 bits per heavy atom. The minimum absolute atomic E-state index is 0.203. The Bertz CT molecular complexity index is 406. The van der Waals surface area contributed by atoms with Crippen molar-refractivity contribution in [1.29, 1.82) is 0 Å². The van der Waals surface area contributed by atoms with Crippen LogP contribution in [0.15, 0.2) is 0 Å². The zero-order valence-corrected chi connectivity index (χ0v) is 12.9. The molecule has 6 heteroatoms. The summed E-state index contributed by atoms with van der Waals surface area (Å²) in [4.78, 5) is 0. The van der Waals surface area contributed by atoms with E-state index in [0.717, 1.165) is 32.4 Å². The highest BCUT2D eigenvalue weighted by atomic mass is 32.2. The summed E-state index contributed by atoms with van der Waals surface area (Å²) in [6.45, 7) is 3.87. The monoisotopic (exact) mass is 302 g/mol. The highest BCUT2D eigenvalue weighted by molar-refractivity contribution is 7.89. The fraction of sp³-hybridized carbons (Fsp3) is 1.00. The van der Waals surface area contributed by atoms with E-state index >= 15 is 0 Å². The molecule has 20 heavy (non-hydrogen) atoms. The average molecular weight is 302 g/mol. The average Bonchev–Trinajstić information content (AvgIpc) is 3.11. The van der Waals surface area contributed by atoms with Crippen LogP contribution in [-0.4, -0.2) is 57.4 Å². The van der Waals surface area contributed by atoms with Crippen LogP contribution in [0.2, 0.25) is 0 Å².